The minimum Gasteiger partial charge on any atom is -0.744 e. The molecule has 0 amide bonds. The third kappa shape index (κ3) is 5.64. The van der Waals surface area contributed by atoms with E-state index < -0.39 is 30.4 Å². The van der Waals surface area contributed by atoms with Crippen molar-refractivity contribution in [2.45, 2.75) is 36.1 Å². The number of benzene rings is 1. The fourth-order valence-electron chi connectivity index (χ4n) is 1.39. The van der Waals surface area contributed by atoms with E-state index in [1.54, 1.807) is 20.8 Å². The Bertz CT molecular complexity index is 791. The van der Waals surface area contributed by atoms with Gasteiger partial charge in [-0.1, -0.05) is 0 Å². The van der Waals surface area contributed by atoms with Crippen molar-refractivity contribution in [1.82, 2.24) is 0 Å². The van der Waals surface area contributed by atoms with Crippen LogP contribution in [0.1, 0.15) is 26.3 Å². The fraction of sp³-hybridized carbons (Fsp3) is 0.417. The summed E-state index contributed by atoms with van der Waals surface area (Å²) in [7, 11) is -8.59. The first-order valence-corrected chi connectivity index (χ1v) is 9.14. The molecular weight excluding hydrogens is 341 g/mol. The molecule has 0 aliphatic carbocycles. The largest absolute Gasteiger partial charge is 1.00 e. The third-order valence-corrected chi connectivity index (χ3v) is 4.60. The van der Waals surface area contributed by atoms with Crippen LogP contribution in [0.25, 0.3) is 0 Å². The van der Waals surface area contributed by atoms with E-state index in [0.717, 1.165) is 30.7 Å². The van der Waals surface area contributed by atoms with Crippen molar-refractivity contribution in [2.24, 2.45) is 0 Å². The summed E-state index contributed by atoms with van der Waals surface area (Å²) in [4.78, 5) is -1.04. The Balaban J connectivity index is 0.00000441. The number of hydrogen-bond donors (Lipinski definition) is 0. The van der Waals surface area contributed by atoms with Crippen molar-refractivity contribution in [2.75, 3.05) is 6.26 Å². The van der Waals surface area contributed by atoms with Crippen molar-refractivity contribution >= 4 is 26.2 Å². The number of hydrogen-bond acceptors (Lipinski definition) is 6. The zero-order valence-electron chi connectivity index (χ0n) is 13.0. The summed E-state index contributed by atoms with van der Waals surface area (Å²) in [5.41, 5.74) is -0.985. The summed E-state index contributed by atoms with van der Waals surface area (Å²) >= 11 is 0. The molecule has 0 fully saturated rings. The smallest absolute Gasteiger partial charge is 0.744 e. The Morgan fingerprint density at radius 1 is 1.14 bits per heavy atom. The predicted octanol–water partition coefficient (Wildman–Crippen LogP) is -2.27. The molecule has 7 nitrogen and oxygen atoms in total. The van der Waals surface area contributed by atoms with Crippen LogP contribution in [0.4, 0.5) is 0 Å². The van der Waals surface area contributed by atoms with Gasteiger partial charge in [0.2, 0.25) is 0 Å². The minimum atomic E-state index is -4.92. The van der Waals surface area contributed by atoms with Gasteiger partial charge in [-0.3, -0.25) is 0 Å². The average molecular weight is 357 g/mol. The van der Waals surface area contributed by atoms with Gasteiger partial charge in [0.1, 0.15) is 10.1 Å². The van der Waals surface area contributed by atoms with E-state index in [9.17, 15) is 26.6 Å². The maximum absolute atomic E-state index is 11.8. The maximum Gasteiger partial charge on any atom is 1.00 e. The molecule has 22 heavy (non-hydrogen) atoms. The second-order valence-electron chi connectivity index (χ2n) is 5.55. The second kappa shape index (κ2) is 6.98. The second-order valence-corrected chi connectivity index (χ2v) is 8.92. The van der Waals surface area contributed by atoms with Crippen LogP contribution < -0.4 is 29.6 Å². The number of rotatable bonds is 3. The standard InChI is InChI=1S/C12H17NO6S2.Na/c1-12(2,3)13(14)8-9-5-6-10(20(4,15)16)7-11(9)21(17,18)19;/h5-8H,1-4H3,(H,17,18,19);/q;+1/p-1/b13-8-;. The normalized spacial score (nSPS) is 13.6. The fourth-order valence-corrected chi connectivity index (χ4v) is 2.79. The molecule has 0 aromatic heterocycles. The van der Waals surface area contributed by atoms with Gasteiger partial charge in [0, 0.05) is 27.0 Å². The van der Waals surface area contributed by atoms with E-state index in [4.69, 9.17) is 0 Å². The minimum absolute atomic E-state index is 0. The molecule has 0 aliphatic rings. The van der Waals surface area contributed by atoms with Gasteiger partial charge in [-0.15, -0.1) is 0 Å². The SMILES string of the molecule is CC(C)(C)/[N+]([O-])=C/c1ccc(S(C)(=O)=O)cc1S(=O)(=O)[O-].[Na+]. The van der Waals surface area contributed by atoms with Gasteiger partial charge in [-0.25, -0.2) is 21.6 Å². The summed E-state index contributed by atoms with van der Waals surface area (Å²) in [5, 5.41) is 11.8. The molecule has 1 aromatic carbocycles. The predicted molar refractivity (Wildman–Crippen MR) is 76.1 cm³/mol. The van der Waals surface area contributed by atoms with Crippen molar-refractivity contribution in [1.29, 1.82) is 0 Å². The van der Waals surface area contributed by atoms with Gasteiger partial charge in [-0.05, 0) is 18.2 Å². The molecule has 0 saturated heterocycles. The molecule has 0 aliphatic heterocycles. The van der Waals surface area contributed by atoms with Crippen molar-refractivity contribution in [3.63, 3.8) is 0 Å². The van der Waals surface area contributed by atoms with Crippen molar-refractivity contribution < 1.29 is 55.7 Å². The van der Waals surface area contributed by atoms with E-state index >= 15 is 0 Å². The number of hydroxylamine groups is 1. The number of nitrogens with zero attached hydrogens (tertiary/aromatic N) is 1. The Hall–Kier alpha value is -0.450. The van der Waals surface area contributed by atoms with Crippen LogP contribution in [0.3, 0.4) is 0 Å². The maximum atomic E-state index is 11.8. The van der Waals surface area contributed by atoms with Crippen LogP contribution >= 0.6 is 0 Å². The molecule has 0 N–H and O–H groups in total. The Morgan fingerprint density at radius 3 is 2.00 bits per heavy atom. The summed E-state index contributed by atoms with van der Waals surface area (Å²) in [6, 6.07) is 3.03. The third-order valence-electron chi connectivity index (χ3n) is 2.60. The van der Waals surface area contributed by atoms with Gasteiger partial charge in [0.05, 0.1) is 15.4 Å². The zero-order chi connectivity index (χ0) is 16.6. The monoisotopic (exact) mass is 357 g/mol. The van der Waals surface area contributed by atoms with Crippen molar-refractivity contribution in [3.05, 3.63) is 29.0 Å². The molecule has 1 rings (SSSR count). The summed E-state index contributed by atoms with van der Waals surface area (Å²) in [5.74, 6) is 0. The molecule has 10 heteroatoms. The molecule has 0 radical (unpaired) electrons. The first-order valence-electron chi connectivity index (χ1n) is 5.84. The molecule has 0 saturated carbocycles. The van der Waals surface area contributed by atoms with Gasteiger partial charge in [-0.2, -0.15) is 0 Å². The molecule has 118 valence electrons. The number of sulfone groups is 1. The summed E-state index contributed by atoms with van der Waals surface area (Å²) in [6.45, 7) is 4.81. The summed E-state index contributed by atoms with van der Waals surface area (Å²) < 4.78 is 57.2. The van der Waals surface area contributed by atoms with E-state index in [-0.39, 0.29) is 40.0 Å². The molecule has 0 spiro atoms. The van der Waals surface area contributed by atoms with Crippen LogP contribution in [0, 0.1) is 5.21 Å². The van der Waals surface area contributed by atoms with Gasteiger partial charge in [0.25, 0.3) is 0 Å². The first-order chi connectivity index (χ1) is 9.23. The molecule has 0 atom stereocenters. The average Bonchev–Trinajstić information content (AvgIpc) is 2.25. The Labute approximate surface area is 152 Å². The van der Waals surface area contributed by atoms with E-state index in [1.807, 2.05) is 0 Å². The van der Waals surface area contributed by atoms with E-state index in [0.29, 0.717) is 4.74 Å². The van der Waals surface area contributed by atoms with Crippen molar-refractivity contribution in [3.8, 4) is 0 Å². The molecule has 0 bridgehead atoms. The van der Waals surface area contributed by atoms with Crippen LogP contribution in [-0.4, -0.2) is 44.1 Å². The van der Waals surface area contributed by atoms with Gasteiger partial charge >= 0.3 is 29.6 Å². The van der Waals surface area contributed by atoms with Gasteiger partial charge in [0.15, 0.2) is 21.6 Å². The Kier molecular flexibility index (Phi) is 6.84. The summed E-state index contributed by atoms with van der Waals surface area (Å²) in [6.07, 6.45) is 1.85. The molecular formula is C12H16NNaO6S2. The van der Waals surface area contributed by atoms with Crippen LogP contribution in [0.2, 0.25) is 0 Å². The van der Waals surface area contributed by atoms with Gasteiger partial charge < -0.3 is 9.76 Å². The molecule has 1 aromatic rings. The molecule has 0 unspecified atom stereocenters. The topological polar surface area (TPSA) is 117 Å². The van der Waals surface area contributed by atoms with Crippen LogP contribution in [0.5, 0.6) is 0 Å². The van der Waals surface area contributed by atoms with Crippen LogP contribution in [-0.2, 0) is 20.0 Å². The van der Waals surface area contributed by atoms with E-state index in [2.05, 4.69) is 0 Å². The quantitative estimate of drug-likeness (QED) is 0.150. The Morgan fingerprint density at radius 2 is 1.64 bits per heavy atom. The first kappa shape index (κ1) is 21.6. The van der Waals surface area contributed by atoms with Crippen LogP contribution in [0.15, 0.2) is 28.0 Å². The van der Waals surface area contributed by atoms with E-state index in [1.165, 1.54) is 0 Å². The molecule has 0 heterocycles. The zero-order valence-corrected chi connectivity index (χ0v) is 16.7.